The maximum Gasteiger partial charge on any atom is 0.150 e. The first-order valence-electron chi connectivity index (χ1n) is 8.17. The van der Waals surface area contributed by atoms with E-state index in [1.165, 1.54) is 6.26 Å². The molecule has 21 heavy (non-hydrogen) atoms. The molecule has 1 N–H and O–H groups in total. The van der Waals surface area contributed by atoms with Crippen molar-refractivity contribution in [2.45, 2.75) is 76.2 Å². The van der Waals surface area contributed by atoms with Gasteiger partial charge in [0.15, 0.2) is 0 Å². The lowest BCUT2D eigenvalue weighted by Crippen LogP contribution is -2.45. The highest BCUT2D eigenvalue weighted by atomic mass is 32.2. The second-order valence-electron chi connectivity index (χ2n) is 7.11. The third-order valence-corrected chi connectivity index (χ3v) is 6.40. The zero-order chi connectivity index (χ0) is 16.1. The smallest absolute Gasteiger partial charge is 0.150 e. The standard InChI is InChI=1S/C16H33NO3S/c1-6-10-17-15(12-16(2,3)20-4)13-8-7-9-14(11-13)21(5,18)19/h13-15,17H,6-12H2,1-5H3. The Bertz CT molecular complexity index is 406. The number of nitrogens with one attached hydrogen (secondary N) is 1. The molecule has 0 saturated heterocycles. The second-order valence-corrected chi connectivity index (χ2v) is 9.43. The number of rotatable bonds is 8. The summed E-state index contributed by atoms with van der Waals surface area (Å²) in [6.07, 6.45) is 7.14. The van der Waals surface area contributed by atoms with Gasteiger partial charge in [-0.3, -0.25) is 0 Å². The van der Waals surface area contributed by atoms with E-state index in [0.29, 0.717) is 12.0 Å². The van der Waals surface area contributed by atoms with Gasteiger partial charge in [0.05, 0.1) is 10.9 Å². The van der Waals surface area contributed by atoms with Crippen LogP contribution in [0.25, 0.3) is 0 Å². The van der Waals surface area contributed by atoms with Crippen LogP contribution < -0.4 is 5.32 Å². The van der Waals surface area contributed by atoms with Gasteiger partial charge >= 0.3 is 0 Å². The summed E-state index contributed by atoms with van der Waals surface area (Å²) in [7, 11) is -1.17. The van der Waals surface area contributed by atoms with Gasteiger partial charge in [0.25, 0.3) is 0 Å². The quantitative estimate of drug-likeness (QED) is 0.747. The van der Waals surface area contributed by atoms with Crippen molar-refractivity contribution in [1.29, 1.82) is 0 Å². The molecule has 0 aromatic carbocycles. The topological polar surface area (TPSA) is 55.4 Å². The van der Waals surface area contributed by atoms with E-state index in [-0.39, 0.29) is 10.9 Å². The molecule has 1 rings (SSSR count). The summed E-state index contributed by atoms with van der Waals surface area (Å²) < 4.78 is 29.3. The molecule has 3 unspecified atom stereocenters. The molecule has 3 atom stereocenters. The fraction of sp³-hybridized carbons (Fsp3) is 1.00. The molecule has 1 fully saturated rings. The molecule has 0 aliphatic heterocycles. The number of hydrogen-bond acceptors (Lipinski definition) is 4. The molecule has 0 spiro atoms. The van der Waals surface area contributed by atoms with Crippen molar-refractivity contribution in [3.05, 3.63) is 0 Å². The highest BCUT2D eigenvalue weighted by molar-refractivity contribution is 7.91. The van der Waals surface area contributed by atoms with Crippen LogP contribution in [0.4, 0.5) is 0 Å². The maximum absolute atomic E-state index is 11.9. The van der Waals surface area contributed by atoms with E-state index in [1.54, 1.807) is 7.11 Å². The van der Waals surface area contributed by atoms with Gasteiger partial charge in [-0.2, -0.15) is 0 Å². The monoisotopic (exact) mass is 319 g/mol. The molecule has 1 saturated carbocycles. The highest BCUT2D eigenvalue weighted by Crippen LogP contribution is 2.33. The molecular formula is C16H33NO3S. The molecule has 1 aliphatic carbocycles. The highest BCUT2D eigenvalue weighted by Gasteiger charge is 2.35. The minimum atomic E-state index is -2.92. The van der Waals surface area contributed by atoms with Crippen molar-refractivity contribution in [3.8, 4) is 0 Å². The van der Waals surface area contributed by atoms with E-state index in [9.17, 15) is 8.42 Å². The molecule has 1 aliphatic rings. The Hall–Kier alpha value is -0.130. The van der Waals surface area contributed by atoms with E-state index in [2.05, 4.69) is 26.1 Å². The molecule has 5 heteroatoms. The first-order chi connectivity index (χ1) is 9.69. The van der Waals surface area contributed by atoms with Crippen molar-refractivity contribution in [1.82, 2.24) is 5.32 Å². The van der Waals surface area contributed by atoms with Gasteiger partial charge in [0.1, 0.15) is 9.84 Å². The molecule has 0 aromatic rings. The predicted molar refractivity (Wildman–Crippen MR) is 88.4 cm³/mol. The lowest BCUT2D eigenvalue weighted by molar-refractivity contribution is -0.000458. The van der Waals surface area contributed by atoms with Gasteiger partial charge in [-0.15, -0.1) is 0 Å². The lowest BCUT2D eigenvalue weighted by atomic mass is 9.79. The first kappa shape index (κ1) is 18.9. The number of methoxy groups -OCH3 is 1. The average Bonchev–Trinajstić information content (AvgIpc) is 2.42. The van der Waals surface area contributed by atoms with E-state index in [0.717, 1.165) is 45.1 Å². The summed E-state index contributed by atoms with van der Waals surface area (Å²) >= 11 is 0. The van der Waals surface area contributed by atoms with Crippen LogP contribution in [0.3, 0.4) is 0 Å². The number of hydrogen-bond donors (Lipinski definition) is 1. The zero-order valence-corrected chi connectivity index (χ0v) is 15.1. The van der Waals surface area contributed by atoms with Gasteiger partial charge in [0.2, 0.25) is 0 Å². The molecule has 0 aromatic heterocycles. The largest absolute Gasteiger partial charge is 0.379 e. The third kappa shape index (κ3) is 6.25. The van der Waals surface area contributed by atoms with Crippen LogP contribution in [-0.2, 0) is 14.6 Å². The Kier molecular flexibility index (Phi) is 7.14. The normalized spacial score (nSPS) is 25.8. The fourth-order valence-electron chi connectivity index (χ4n) is 3.28. The first-order valence-corrected chi connectivity index (χ1v) is 10.1. The van der Waals surface area contributed by atoms with E-state index < -0.39 is 9.84 Å². The van der Waals surface area contributed by atoms with Crippen molar-refractivity contribution >= 4 is 9.84 Å². The van der Waals surface area contributed by atoms with E-state index >= 15 is 0 Å². The van der Waals surface area contributed by atoms with Crippen LogP contribution >= 0.6 is 0 Å². The Balaban J connectivity index is 2.77. The number of ether oxygens (including phenoxy) is 1. The second kappa shape index (κ2) is 7.93. The van der Waals surface area contributed by atoms with Crippen LogP contribution in [-0.4, -0.2) is 45.2 Å². The minimum absolute atomic E-state index is 0.159. The van der Waals surface area contributed by atoms with Gasteiger partial charge in [-0.1, -0.05) is 13.3 Å². The summed E-state index contributed by atoms with van der Waals surface area (Å²) in [4.78, 5) is 0. The lowest BCUT2D eigenvalue weighted by Gasteiger charge is -2.38. The van der Waals surface area contributed by atoms with Gasteiger partial charge in [0, 0.05) is 19.4 Å². The fourth-order valence-corrected chi connectivity index (χ4v) is 4.48. The molecule has 0 amide bonds. The summed E-state index contributed by atoms with van der Waals surface area (Å²) in [5, 5.41) is 3.47. The van der Waals surface area contributed by atoms with E-state index in [4.69, 9.17) is 4.74 Å². The van der Waals surface area contributed by atoms with Gasteiger partial charge < -0.3 is 10.1 Å². The SMILES string of the molecule is CCCNC(CC(C)(C)OC)C1CCCC(S(C)(=O)=O)C1. The molecule has 4 nitrogen and oxygen atoms in total. The van der Waals surface area contributed by atoms with Crippen molar-refractivity contribution in [2.24, 2.45) is 5.92 Å². The third-order valence-electron chi connectivity index (χ3n) is 4.76. The summed E-state index contributed by atoms with van der Waals surface area (Å²) in [6.45, 7) is 7.34. The summed E-state index contributed by atoms with van der Waals surface area (Å²) in [5.74, 6) is 0.430. The molecular weight excluding hydrogens is 286 g/mol. The maximum atomic E-state index is 11.9. The Morgan fingerprint density at radius 3 is 2.52 bits per heavy atom. The zero-order valence-electron chi connectivity index (χ0n) is 14.3. The van der Waals surface area contributed by atoms with E-state index in [1.807, 2.05) is 0 Å². The Labute approximate surface area is 130 Å². The average molecular weight is 320 g/mol. The summed E-state index contributed by atoms with van der Waals surface area (Å²) in [5.41, 5.74) is -0.177. The molecule has 0 bridgehead atoms. The van der Waals surface area contributed by atoms with Crippen LogP contribution in [0.1, 0.15) is 59.3 Å². The Morgan fingerprint density at radius 2 is 2.00 bits per heavy atom. The molecule has 0 heterocycles. The van der Waals surface area contributed by atoms with Crippen LogP contribution in [0.2, 0.25) is 0 Å². The summed E-state index contributed by atoms with van der Waals surface area (Å²) in [6, 6.07) is 0.337. The van der Waals surface area contributed by atoms with Crippen molar-refractivity contribution in [2.75, 3.05) is 19.9 Å². The van der Waals surface area contributed by atoms with Crippen LogP contribution in [0.15, 0.2) is 0 Å². The Morgan fingerprint density at radius 1 is 1.33 bits per heavy atom. The van der Waals surface area contributed by atoms with Gasteiger partial charge in [-0.25, -0.2) is 8.42 Å². The molecule has 0 radical (unpaired) electrons. The van der Waals surface area contributed by atoms with Crippen LogP contribution in [0, 0.1) is 5.92 Å². The van der Waals surface area contributed by atoms with Crippen LogP contribution in [0.5, 0.6) is 0 Å². The number of sulfone groups is 1. The van der Waals surface area contributed by atoms with Crippen molar-refractivity contribution in [3.63, 3.8) is 0 Å². The predicted octanol–water partition coefficient (Wildman–Crippen LogP) is 2.77. The van der Waals surface area contributed by atoms with Crippen molar-refractivity contribution < 1.29 is 13.2 Å². The van der Waals surface area contributed by atoms with Gasteiger partial charge in [-0.05, 0) is 58.4 Å². The minimum Gasteiger partial charge on any atom is -0.379 e. The molecule has 126 valence electrons.